The van der Waals surface area contributed by atoms with Crippen LogP contribution in [0.1, 0.15) is 70.8 Å². The molecule has 1 saturated heterocycles. The molecule has 2 unspecified atom stereocenters. The van der Waals surface area contributed by atoms with Crippen molar-refractivity contribution in [2.24, 2.45) is 28.6 Å². The number of aliphatic hydroxyl groups excluding tert-OH is 2. The van der Waals surface area contributed by atoms with Crippen molar-refractivity contribution in [1.82, 2.24) is 0 Å². The molecule has 7 nitrogen and oxygen atoms in total. The van der Waals surface area contributed by atoms with Crippen molar-refractivity contribution in [3.8, 4) is 0 Å². The Morgan fingerprint density at radius 1 is 1.09 bits per heavy atom. The summed E-state index contributed by atoms with van der Waals surface area (Å²) in [7, 11) is 0. The highest BCUT2D eigenvalue weighted by Gasteiger charge is 2.85. The molecule has 0 radical (unpaired) electrons. The molecule has 5 fully saturated rings. The van der Waals surface area contributed by atoms with Gasteiger partial charge in [0.25, 0.3) is 0 Å². The molecule has 7 heteroatoms. The number of hydrogen-bond acceptors (Lipinski definition) is 7. The predicted octanol–water partition coefficient (Wildman–Crippen LogP) is 2.77. The molecule has 2 heterocycles. The number of aliphatic hydroxyl groups is 2. The van der Waals surface area contributed by atoms with Crippen molar-refractivity contribution in [1.29, 1.82) is 0 Å². The summed E-state index contributed by atoms with van der Waals surface area (Å²) in [4.78, 5) is 23.7. The molecular formula is C26H34O7. The predicted molar refractivity (Wildman–Crippen MR) is 117 cm³/mol. The molecule has 0 aromatic carbocycles. The van der Waals surface area contributed by atoms with E-state index in [1.54, 1.807) is 6.07 Å². The number of epoxide rings is 1. The fourth-order valence-electron chi connectivity index (χ4n) is 9.13. The Kier molecular flexibility index (Phi) is 4.57. The Balaban J connectivity index is 1.43. The maximum absolute atomic E-state index is 12.1. The minimum Gasteiger partial charge on any atom is -0.459 e. The summed E-state index contributed by atoms with van der Waals surface area (Å²) >= 11 is 0. The number of fused-ring (bicyclic) bond motifs is 3. The highest BCUT2D eigenvalue weighted by atomic mass is 16.7. The van der Waals surface area contributed by atoms with E-state index >= 15 is 0 Å². The molecule has 11 atom stereocenters. The van der Waals surface area contributed by atoms with Crippen molar-refractivity contribution < 1.29 is 28.9 Å². The van der Waals surface area contributed by atoms with Crippen LogP contribution in [0.25, 0.3) is 0 Å². The van der Waals surface area contributed by atoms with Crippen LogP contribution in [0.5, 0.6) is 0 Å². The first kappa shape index (κ1) is 21.8. The maximum Gasteiger partial charge on any atom is 0.335 e. The molecule has 33 heavy (non-hydrogen) atoms. The summed E-state index contributed by atoms with van der Waals surface area (Å²) in [5.74, 6) is 0.170. The van der Waals surface area contributed by atoms with Gasteiger partial charge in [-0.25, -0.2) is 4.79 Å². The van der Waals surface area contributed by atoms with Gasteiger partial charge in [-0.05, 0) is 73.3 Å². The van der Waals surface area contributed by atoms with Crippen molar-refractivity contribution in [2.45, 2.75) is 95.2 Å². The third kappa shape index (κ3) is 2.73. The number of rotatable bonds is 2. The summed E-state index contributed by atoms with van der Waals surface area (Å²) in [5.41, 5.74) is -0.363. The van der Waals surface area contributed by atoms with Gasteiger partial charge in [-0.1, -0.05) is 13.8 Å². The lowest BCUT2D eigenvalue weighted by atomic mass is 9.43. The van der Waals surface area contributed by atoms with Gasteiger partial charge < -0.3 is 24.1 Å². The standard InChI is InChI=1S/C26H34O7/c1-13(27)32-22-21(14-4-5-20(30)31-12-14)25(3)9-7-16-17(26(25)23(22)33-26)11-19(29)18-10-15(28)6-8-24(16,18)2/h4-5,12,15-19,21-23,28-29H,6-11H2,1-3H3/t15-,16?,17?,18-,19-,21-,22+,23+,24+,25+,26+/m0/s1. The number of carbonyl (C=O) groups excluding carboxylic acids is 1. The van der Waals surface area contributed by atoms with E-state index in [1.807, 2.05) is 0 Å². The molecule has 4 saturated carbocycles. The average Bonchev–Trinajstić information content (AvgIpc) is 3.46. The number of ether oxygens (including phenoxy) is 2. The van der Waals surface area contributed by atoms with E-state index in [-0.39, 0.29) is 46.8 Å². The van der Waals surface area contributed by atoms with Crippen LogP contribution in [0.2, 0.25) is 0 Å². The lowest BCUT2D eigenvalue weighted by molar-refractivity contribution is -0.182. The minimum atomic E-state index is -0.478. The van der Waals surface area contributed by atoms with E-state index in [0.29, 0.717) is 18.8 Å². The summed E-state index contributed by atoms with van der Waals surface area (Å²) in [6.07, 6.45) is 4.94. The first-order valence-corrected chi connectivity index (χ1v) is 12.4. The van der Waals surface area contributed by atoms with Gasteiger partial charge in [0.1, 0.15) is 17.8 Å². The Morgan fingerprint density at radius 2 is 1.88 bits per heavy atom. The van der Waals surface area contributed by atoms with E-state index in [2.05, 4.69) is 13.8 Å². The van der Waals surface area contributed by atoms with E-state index in [9.17, 15) is 19.8 Å². The van der Waals surface area contributed by atoms with Crippen LogP contribution in [0.3, 0.4) is 0 Å². The minimum absolute atomic E-state index is 0.0390. The normalized spacial score (nSPS) is 52.2. The SMILES string of the molecule is CC(=O)O[C@H]1[C@H]2O[C@]23C2C[C@H](O)[C@@H]4C[C@@H](O)CC[C@]4(C)C2CC[C@]3(C)[C@H]1c1ccc(=O)oc1. The third-order valence-electron chi connectivity index (χ3n) is 10.5. The molecule has 180 valence electrons. The maximum atomic E-state index is 12.1. The summed E-state index contributed by atoms with van der Waals surface area (Å²) < 4.78 is 17.7. The zero-order valence-corrected chi connectivity index (χ0v) is 19.5. The summed E-state index contributed by atoms with van der Waals surface area (Å²) in [6.45, 7) is 5.96. The lowest BCUT2D eigenvalue weighted by Crippen LogP contribution is -2.61. The Hall–Kier alpha value is -1.70. The smallest absolute Gasteiger partial charge is 0.335 e. The van der Waals surface area contributed by atoms with Crippen LogP contribution in [0.15, 0.2) is 27.6 Å². The lowest BCUT2D eigenvalue weighted by Gasteiger charge is -2.62. The second-order valence-corrected chi connectivity index (χ2v) is 11.8. The first-order chi connectivity index (χ1) is 15.6. The van der Waals surface area contributed by atoms with Gasteiger partial charge in [-0.3, -0.25) is 4.79 Å². The Morgan fingerprint density at radius 3 is 2.58 bits per heavy atom. The summed E-state index contributed by atoms with van der Waals surface area (Å²) in [6, 6.07) is 3.22. The fraction of sp³-hybridized carbons (Fsp3) is 0.769. The monoisotopic (exact) mass is 458 g/mol. The fourth-order valence-corrected chi connectivity index (χ4v) is 9.13. The van der Waals surface area contributed by atoms with Gasteiger partial charge in [0.05, 0.1) is 18.5 Å². The number of esters is 1. The van der Waals surface area contributed by atoms with Crippen LogP contribution in [-0.4, -0.2) is 46.2 Å². The van der Waals surface area contributed by atoms with E-state index < -0.39 is 23.4 Å². The van der Waals surface area contributed by atoms with Gasteiger partial charge in [0.15, 0.2) is 0 Å². The number of carbonyl (C=O) groups is 1. The molecule has 1 aromatic heterocycles. The van der Waals surface area contributed by atoms with Crippen molar-refractivity contribution in [3.05, 3.63) is 34.4 Å². The third-order valence-corrected chi connectivity index (χ3v) is 10.5. The van der Waals surface area contributed by atoms with Crippen molar-refractivity contribution in [2.75, 3.05) is 0 Å². The highest BCUT2D eigenvalue weighted by Crippen LogP contribution is 2.78. The molecule has 2 N–H and O–H groups in total. The van der Waals surface area contributed by atoms with E-state index in [4.69, 9.17) is 13.9 Å². The van der Waals surface area contributed by atoms with Gasteiger partial charge in [-0.2, -0.15) is 0 Å². The topological polar surface area (TPSA) is 110 Å². The van der Waals surface area contributed by atoms with Crippen molar-refractivity contribution in [3.63, 3.8) is 0 Å². The van der Waals surface area contributed by atoms with Gasteiger partial charge in [0, 0.05) is 24.3 Å². The molecule has 1 aromatic rings. The van der Waals surface area contributed by atoms with Crippen LogP contribution in [0.4, 0.5) is 0 Å². The molecule has 1 spiro atoms. The van der Waals surface area contributed by atoms with E-state index in [1.165, 1.54) is 19.3 Å². The van der Waals surface area contributed by atoms with Crippen LogP contribution in [0, 0.1) is 28.6 Å². The number of hydrogen-bond donors (Lipinski definition) is 2. The largest absolute Gasteiger partial charge is 0.459 e. The van der Waals surface area contributed by atoms with Crippen LogP contribution < -0.4 is 5.63 Å². The quantitative estimate of drug-likeness (QED) is 0.518. The molecule has 6 rings (SSSR count). The summed E-state index contributed by atoms with van der Waals surface area (Å²) in [5, 5.41) is 21.6. The van der Waals surface area contributed by atoms with Gasteiger partial charge in [-0.15, -0.1) is 0 Å². The zero-order valence-electron chi connectivity index (χ0n) is 19.5. The second-order valence-electron chi connectivity index (χ2n) is 11.8. The second kappa shape index (κ2) is 6.92. The van der Waals surface area contributed by atoms with Crippen molar-refractivity contribution >= 4 is 5.97 Å². The molecule has 4 aliphatic carbocycles. The first-order valence-electron chi connectivity index (χ1n) is 12.4. The Labute approximate surface area is 193 Å². The van der Waals surface area contributed by atoms with Gasteiger partial charge >= 0.3 is 11.6 Å². The molecule has 0 bridgehead atoms. The zero-order chi connectivity index (χ0) is 23.3. The Bertz CT molecular complexity index is 1020. The molecule has 5 aliphatic rings. The average molecular weight is 459 g/mol. The highest BCUT2D eigenvalue weighted by molar-refractivity contribution is 5.66. The molecular weight excluding hydrogens is 424 g/mol. The molecule has 0 amide bonds. The van der Waals surface area contributed by atoms with Crippen LogP contribution in [-0.2, 0) is 14.3 Å². The molecule has 1 aliphatic heterocycles. The van der Waals surface area contributed by atoms with Gasteiger partial charge in [0.2, 0.25) is 0 Å². The van der Waals surface area contributed by atoms with E-state index in [0.717, 1.165) is 31.2 Å². The van der Waals surface area contributed by atoms with Crippen LogP contribution >= 0.6 is 0 Å².